The number of ether oxygens (including phenoxy) is 1. The fourth-order valence-electron chi connectivity index (χ4n) is 2.57. The zero-order valence-electron chi connectivity index (χ0n) is 11.3. The lowest BCUT2D eigenvalue weighted by Gasteiger charge is -2.09. The summed E-state index contributed by atoms with van der Waals surface area (Å²) in [5.74, 6) is 1.39. The second-order valence-electron chi connectivity index (χ2n) is 5.01. The molecule has 21 heavy (non-hydrogen) atoms. The van der Waals surface area contributed by atoms with Crippen LogP contribution in [0.4, 0.5) is 0 Å². The first-order valence-electron chi connectivity index (χ1n) is 6.74. The summed E-state index contributed by atoms with van der Waals surface area (Å²) in [6.45, 7) is 0. The normalized spacial score (nSPS) is 14.0. The highest BCUT2D eigenvalue weighted by atomic mass is 35.5. The summed E-state index contributed by atoms with van der Waals surface area (Å²) in [5.41, 5.74) is 8.77. The summed E-state index contributed by atoms with van der Waals surface area (Å²) >= 11 is 6.11. The van der Waals surface area contributed by atoms with Gasteiger partial charge in [0.15, 0.2) is 5.84 Å². The Hall–Kier alpha value is -2.20. The van der Waals surface area contributed by atoms with Crippen molar-refractivity contribution in [2.75, 3.05) is 0 Å². The number of nitrogens with zero attached hydrogens (tertiary/aromatic N) is 1. The second kappa shape index (κ2) is 5.66. The van der Waals surface area contributed by atoms with E-state index in [9.17, 15) is 0 Å². The van der Waals surface area contributed by atoms with Crippen LogP contribution in [0.2, 0.25) is 5.02 Å². The van der Waals surface area contributed by atoms with Gasteiger partial charge in [0.25, 0.3) is 0 Å². The minimum atomic E-state index is -0.0240. The summed E-state index contributed by atoms with van der Waals surface area (Å²) in [4.78, 5) is 0. The lowest BCUT2D eigenvalue weighted by Crippen LogP contribution is -2.13. The second-order valence-corrected chi connectivity index (χ2v) is 5.42. The van der Waals surface area contributed by atoms with E-state index < -0.39 is 0 Å². The van der Waals surface area contributed by atoms with Gasteiger partial charge in [-0.3, -0.25) is 0 Å². The molecule has 2 aromatic rings. The third-order valence-corrected chi connectivity index (χ3v) is 3.94. The van der Waals surface area contributed by atoms with Gasteiger partial charge in [-0.25, -0.2) is 0 Å². The van der Waals surface area contributed by atoms with Crippen molar-refractivity contribution in [3.8, 4) is 11.5 Å². The van der Waals surface area contributed by atoms with Gasteiger partial charge in [0.2, 0.25) is 0 Å². The average molecular weight is 303 g/mol. The Labute approximate surface area is 127 Å². The molecular formula is C16H15ClN2O2. The highest BCUT2D eigenvalue weighted by Crippen LogP contribution is 2.30. The van der Waals surface area contributed by atoms with E-state index in [1.54, 1.807) is 18.2 Å². The number of aryl methyl sites for hydroxylation is 2. The van der Waals surface area contributed by atoms with Crippen molar-refractivity contribution < 1.29 is 9.94 Å². The highest BCUT2D eigenvalue weighted by molar-refractivity contribution is 6.34. The van der Waals surface area contributed by atoms with Crippen LogP contribution in [0.15, 0.2) is 41.6 Å². The molecule has 0 aliphatic heterocycles. The Bertz CT molecular complexity index is 713. The molecule has 3 rings (SSSR count). The smallest absolute Gasteiger partial charge is 0.171 e. The molecule has 2 aromatic carbocycles. The van der Waals surface area contributed by atoms with Gasteiger partial charge in [-0.15, -0.1) is 0 Å². The fraction of sp³-hybridized carbons (Fsp3) is 0.188. The lowest BCUT2D eigenvalue weighted by molar-refractivity contribution is 0.318. The van der Waals surface area contributed by atoms with E-state index >= 15 is 0 Å². The predicted molar refractivity (Wildman–Crippen MR) is 82.5 cm³/mol. The Balaban J connectivity index is 1.84. The van der Waals surface area contributed by atoms with Crippen molar-refractivity contribution in [1.29, 1.82) is 0 Å². The Morgan fingerprint density at radius 3 is 2.57 bits per heavy atom. The standard InChI is InChI=1S/C16H15ClN2O2/c17-15-9-13(6-7-14(15)16(18)19-20)21-12-5-4-10-2-1-3-11(10)8-12/h4-9,20H,1-3H2,(H2,18,19). The molecule has 1 aliphatic carbocycles. The van der Waals surface area contributed by atoms with Crippen LogP contribution in [0.5, 0.6) is 11.5 Å². The molecule has 0 unspecified atom stereocenters. The quantitative estimate of drug-likeness (QED) is 0.393. The minimum Gasteiger partial charge on any atom is -0.457 e. The number of hydrogen-bond acceptors (Lipinski definition) is 3. The summed E-state index contributed by atoms with van der Waals surface area (Å²) < 4.78 is 5.83. The molecule has 0 saturated heterocycles. The number of oxime groups is 1. The summed E-state index contributed by atoms with van der Waals surface area (Å²) in [7, 11) is 0. The molecule has 1 aliphatic rings. The largest absolute Gasteiger partial charge is 0.457 e. The van der Waals surface area contributed by atoms with E-state index in [-0.39, 0.29) is 5.84 Å². The molecule has 108 valence electrons. The van der Waals surface area contributed by atoms with Crippen molar-refractivity contribution in [2.45, 2.75) is 19.3 Å². The van der Waals surface area contributed by atoms with Crippen molar-refractivity contribution in [3.63, 3.8) is 0 Å². The van der Waals surface area contributed by atoms with Gasteiger partial charge in [0.05, 0.1) is 5.02 Å². The molecule has 0 saturated carbocycles. The molecule has 0 aromatic heterocycles. The van der Waals surface area contributed by atoms with Crippen LogP contribution in [0.1, 0.15) is 23.1 Å². The first-order chi connectivity index (χ1) is 10.2. The topological polar surface area (TPSA) is 67.8 Å². The maximum Gasteiger partial charge on any atom is 0.171 e. The molecule has 0 bridgehead atoms. The molecule has 0 spiro atoms. The average Bonchev–Trinajstić information content (AvgIpc) is 2.94. The van der Waals surface area contributed by atoms with Crippen LogP contribution < -0.4 is 10.5 Å². The van der Waals surface area contributed by atoms with E-state index in [2.05, 4.69) is 17.3 Å². The molecule has 0 atom stereocenters. The van der Waals surface area contributed by atoms with Crippen molar-refractivity contribution in [3.05, 3.63) is 58.1 Å². The highest BCUT2D eigenvalue weighted by Gasteiger charge is 2.12. The minimum absolute atomic E-state index is 0.0240. The van der Waals surface area contributed by atoms with E-state index in [4.69, 9.17) is 27.3 Å². The zero-order chi connectivity index (χ0) is 14.8. The molecule has 4 nitrogen and oxygen atoms in total. The number of amidine groups is 1. The SMILES string of the molecule is NC(=NO)c1ccc(Oc2ccc3c(c2)CCC3)cc1Cl. The molecule has 0 radical (unpaired) electrons. The molecule has 3 N–H and O–H groups in total. The Kier molecular flexibility index (Phi) is 3.71. The van der Waals surface area contributed by atoms with Gasteiger partial charge in [-0.1, -0.05) is 22.8 Å². The first-order valence-corrected chi connectivity index (χ1v) is 7.12. The monoisotopic (exact) mass is 302 g/mol. The summed E-state index contributed by atoms with van der Waals surface area (Å²) in [6, 6.07) is 11.2. The lowest BCUT2D eigenvalue weighted by atomic mass is 10.1. The third kappa shape index (κ3) is 2.81. The van der Waals surface area contributed by atoms with Crippen LogP contribution in [-0.2, 0) is 12.8 Å². The van der Waals surface area contributed by atoms with Crippen molar-refractivity contribution >= 4 is 17.4 Å². The Morgan fingerprint density at radius 1 is 1.10 bits per heavy atom. The number of benzene rings is 2. The number of nitrogens with two attached hydrogens (primary N) is 1. The summed E-state index contributed by atoms with van der Waals surface area (Å²) in [6.07, 6.45) is 3.46. The van der Waals surface area contributed by atoms with Gasteiger partial charge in [0, 0.05) is 11.6 Å². The number of halogens is 1. The molecule has 0 heterocycles. The van der Waals surface area contributed by atoms with Gasteiger partial charge in [-0.05, 0) is 54.7 Å². The maximum atomic E-state index is 8.68. The van der Waals surface area contributed by atoms with Gasteiger partial charge < -0.3 is 15.7 Å². The van der Waals surface area contributed by atoms with Gasteiger partial charge >= 0.3 is 0 Å². The zero-order valence-corrected chi connectivity index (χ0v) is 12.1. The van der Waals surface area contributed by atoms with E-state index in [1.807, 2.05) is 6.07 Å². The van der Waals surface area contributed by atoms with Gasteiger partial charge in [0.1, 0.15) is 11.5 Å². The first kappa shape index (κ1) is 13.8. The van der Waals surface area contributed by atoms with Crippen LogP contribution in [0.25, 0.3) is 0 Å². The summed E-state index contributed by atoms with van der Waals surface area (Å²) in [5, 5.41) is 12.0. The van der Waals surface area contributed by atoms with Crippen LogP contribution in [0.3, 0.4) is 0 Å². The van der Waals surface area contributed by atoms with Crippen molar-refractivity contribution in [2.24, 2.45) is 10.9 Å². The van der Waals surface area contributed by atoms with Crippen LogP contribution in [0, 0.1) is 0 Å². The molecule has 0 fully saturated rings. The number of hydrogen-bond donors (Lipinski definition) is 2. The Morgan fingerprint density at radius 2 is 1.81 bits per heavy atom. The number of fused-ring (bicyclic) bond motifs is 1. The number of rotatable bonds is 3. The van der Waals surface area contributed by atoms with Gasteiger partial charge in [-0.2, -0.15) is 0 Å². The van der Waals surface area contributed by atoms with E-state index in [0.717, 1.165) is 18.6 Å². The maximum absolute atomic E-state index is 8.68. The van der Waals surface area contributed by atoms with Crippen LogP contribution in [-0.4, -0.2) is 11.0 Å². The van der Waals surface area contributed by atoms with E-state index in [0.29, 0.717) is 16.3 Å². The van der Waals surface area contributed by atoms with Crippen LogP contribution >= 0.6 is 11.6 Å². The predicted octanol–water partition coefficient (Wildman–Crippen LogP) is 3.72. The third-order valence-electron chi connectivity index (χ3n) is 3.63. The fourth-order valence-corrected chi connectivity index (χ4v) is 2.84. The molecule has 0 amide bonds. The van der Waals surface area contributed by atoms with Crippen molar-refractivity contribution in [1.82, 2.24) is 0 Å². The molecular weight excluding hydrogens is 288 g/mol. The molecule has 5 heteroatoms. The van der Waals surface area contributed by atoms with E-state index in [1.165, 1.54) is 17.5 Å².